The SMILES string of the molecule is CCCCSc1cc(N=Nc2ccc(C[NH+]([O-])[O-])cc2)c(O)c2ccccc12. The number of nitrogens with one attached hydrogen (secondary N) is 1. The second-order valence-corrected chi connectivity index (χ2v) is 7.54. The number of quaternary nitrogens is 1. The minimum atomic E-state index is -1.12. The van der Waals surface area contributed by atoms with Crippen LogP contribution in [0.2, 0.25) is 0 Å². The van der Waals surface area contributed by atoms with Gasteiger partial charge >= 0.3 is 0 Å². The number of hydrogen-bond donors (Lipinski definition) is 2. The smallest absolute Gasteiger partial charge is 0.150 e. The highest BCUT2D eigenvalue weighted by Crippen LogP contribution is 2.41. The molecule has 0 fully saturated rings. The van der Waals surface area contributed by atoms with Gasteiger partial charge in [-0.3, -0.25) is 0 Å². The Morgan fingerprint density at radius 3 is 2.39 bits per heavy atom. The molecule has 0 aliphatic rings. The molecule has 6 nitrogen and oxygen atoms in total. The van der Waals surface area contributed by atoms with Crippen LogP contribution in [0.4, 0.5) is 11.4 Å². The van der Waals surface area contributed by atoms with Crippen molar-refractivity contribution in [3.8, 4) is 5.75 Å². The fourth-order valence-electron chi connectivity index (χ4n) is 2.79. The van der Waals surface area contributed by atoms with Crippen molar-refractivity contribution in [2.75, 3.05) is 5.75 Å². The minimum absolute atomic E-state index is 0.104. The number of phenolic OH excluding ortho intramolecular Hbond substituents is 1. The third-order valence-electron chi connectivity index (χ3n) is 4.27. The molecule has 0 amide bonds. The molecule has 0 spiro atoms. The molecule has 0 aliphatic carbocycles. The van der Waals surface area contributed by atoms with E-state index in [2.05, 4.69) is 17.2 Å². The van der Waals surface area contributed by atoms with Crippen molar-refractivity contribution in [1.82, 2.24) is 0 Å². The number of benzene rings is 3. The normalized spacial score (nSPS) is 11.7. The molecular formula is C21H22N3O3S-. The molecule has 0 aromatic heterocycles. The van der Waals surface area contributed by atoms with Crippen LogP contribution >= 0.6 is 11.8 Å². The number of phenols is 1. The first-order chi connectivity index (χ1) is 13.6. The van der Waals surface area contributed by atoms with Gasteiger partial charge in [-0.1, -0.05) is 49.7 Å². The molecule has 3 aromatic carbocycles. The van der Waals surface area contributed by atoms with Crippen LogP contribution in [0.3, 0.4) is 0 Å². The lowest BCUT2D eigenvalue weighted by Gasteiger charge is -2.25. The van der Waals surface area contributed by atoms with E-state index >= 15 is 0 Å². The number of fused-ring (bicyclic) bond motifs is 1. The van der Waals surface area contributed by atoms with E-state index in [-0.39, 0.29) is 12.3 Å². The Hall–Kier alpha value is -2.45. The van der Waals surface area contributed by atoms with Gasteiger partial charge in [-0.15, -0.1) is 16.9 Å². The van der Waals surface area contributed by atoms with Crippen molar-refractivity contribution in [2.45, 2.75) is 31.2 Å². The average molecular weight is 396 g/mol. The minimum Gasteiger partial charge on any atom is -0.633 e. The van der Waals surface area contributed by atoms with Crippen molar-refractivity contribution in [1.29, 1.82) is 0 Å². The van der Waals surface area contributed by atoms with Crippen molar-refractivity contribution in [3.63, 3.8) is 0 Å². The molecule has 0 radical (unpaired) electrons. The van der Waals surface area contributed by atoms with Gasteiger partial charge in [-0.25, -0.2) is 0 Å². The monoisotopic (exact) mass is 396 g/mol. The van der Waals surface area contributed by atoms with E-state index in [0.29, 0.717) is 16.9 Å². The zero-order valence-corrected chi connectivity index (χ0v) is 16.4. The molecule has 28 heavy (non-hydrogen) atoms. The summed E-state index contributed by atoms with van der Waals surface area (Å²) >= 11 is 1.75. The number of thioether (sulfide) groups is 1. The maximum atomic E-state index is 10.7. The number of unbranched alkanes of at least 4 members (excludes halogenated alkanes) is 1. The predicted molar refractivity (Wildman–Crippen MR) is 113 cm³/mol. The van der Waals surface area contributed by atoms with Crippen LogP contribution in [0.25, 0.3) is 10.8 Å². The highest BCUT2D eigenvalue weighted by Gasteiger charge is 2.11. The lowest BCUT2D eigenvalue weighted by molar-refractivity contribution is -0.807. The summed E-state index contributed by atoms with van der Waals surface area (Å²) in [5, 5.41) is 41.0. The van der Waals surface area contributed by atoms with Crippen molar-refractivity contribution < 1.29 is 10.3 Å². The molecule has 2 N–H and O–H groups in total. The second kappa shape index (κ2) is 9.66. The number of rotatable bonds is 8. The Balaban J connectivity index is 1.89. The van der Waals surface area contributed by atoms with Crippen LogP contribution < -0.4 is 5.23 Å². The Labute approximate surface area is 168 Å². The topological polar surface area (TPSA) is 95.5 Å². The maximum Gasteiger partial charge on any atom is 0.150 e. The zero-order chi connectivity index (χ0) is 19.9. The number of hydroxylamine groups is 2. The predicted octanol–water partition coefficient (Wildman–Crippen LogP) is 5.23. The number of aromatic hydroxyl groups is 1. The Morgan fingerprint density at radius 2 is 1.71 bits per heavy atom. The summed E-state index contributed by atoms with van der Waals surface area (Å²) in [4.78, 5) is 1.07. The van der Waals surface area contributed by atoms with Gasteiger partial charge in [0.25, 0.3) is 0 Å². The Morgan fingerprint density at radius 1 is 1.00 bits per heavy atom. The number of hydrogen-bond acceptors (Lipinski definition) is 6. The molecule has 3 aromatic rings. The van der Waals surface area contributed by atoms with E-state index < -0.39 is 5.23 Å². The zero-order valence-electron chi connectivity index (χ0n) is 15.6. The Bertz CT molecular complexity index is 959. The summed E-state index contributed by atoms with van der Waals surface area (Å²) in [6, 6.07) is 16.3. The standard InChI is InChI=1S/C21H22N3O3S/c1-2-3-12-28-20-13-19(21(25)18-7-5-4-6-17(18)20)23-22-16-10-8-15(9-11-16)14-24(26)27/h4-11,13,24-25H,2-3,12,14H2,1H3/q-1. The molecule has 0 heterocycles. The van der Waals surface area contributed by atoms with Gasteiger partial charge in [0.1, 0.15) is 12.2 Å². The van der Waals surface area contributed by atoms with Crippen molar-refractivity contribution >= 4 is 33.9 Å². The third-order valence-corrected chi connectivity index (χ3v) is 5.41. The molecule has 146 valence electrons. The largest absolute Gasteiger partial charge is 0.633 e. The highest BCUT2D eigenvalue weighted by atomic mass is 32.2. The van der Waals surface area contributed by atoms with E-state index in [1.165, 1.54) is 0 Å². The van der Waals surface area contributed by atoms with Crippen molar-refractivity contribution in [2.24, 2.45) is 10.2 Å². The number of azo groups is 1. The molecular weight excluding hydrogens is 374 g/mol. The molecule has 0 saturated carbocycles. The first kappa shape index (κ1) is 20.3. The lowest BCUT2D eigenvalue weighted by atomic mass is 10.1. The molecule has 7 heteroatoms. The highest BCUT2D eigenvalue weighted by molar-refractivity contribution is 7.99. The summed E-state index contributed by atoms with van der Waals surface area (Å²) < 4.78 is 0. The Kier molecular flexibility index (Phi) is 7.00. The van der Waals surface area contributed by atoms with Gasteiger partial charge in [0.2, 0.25) is 0 Å². The van der Waals surface area contributed by atoms with Gasteiger partial charge in [0, 0.05) is 15.8 Å². The van der Waals surface area contributed by atoms with E-state index in [9.17, 15) is 15.5 Å². The lowest BCUT2D eigenvalue weighted by Crippen LogP contribution is -3.00. The molecule has 0 atom stereocenters. The summed E-state index contributed by atoms with van der Waals surface area (Å²) in [7, 11) is 0. The van der Waals surface area contributed by atoms with Gasteiger partial charge in [-0.2, -0.15) is 5.11 Å². The first-order valence-corrected chi connectivity index (χ1v) is 10.1. The van der Waals surface area contributed by atoms with Crippen LogP contribution in [0.5, 0.6) is 5.75 Å². The van der Waals surface area contributed by atoms with Gasteiger partial charge in [-0.05, 0) is 35.8 Å². The van der Waals surface area contributed by atoms with E-state index in [1.807, 2.05) is 30.3 Å². The maximum absolute atomic E-state index is 10.7. The molecule has 3 rings (SSSR count). The summed E-state index contributed by atoms with van der Waals surface area (Å²) in [5.41, 5.74) is 1.63. The average Bonchev–Trinajstić information content (AvgIpc) is 2.70. The van der Waals surface area contributed by atoms with E-state index in [1.54, 1.807) is 36.0 Å². The number of nitrogens with zero attached hydrogens (tertiary/aromatic N) is 2. The summed E-state index contributed by atoms with van der Waals surface area (Å²) in [6.07, 6.45) is 2.25. The summed E-state index contributed by atoms with van der Waals surface area (Å²) in [5.74, 6) is 1.11. The fourth-order valence-corrected chi connectivity index (χ4v) is 3.97. The second-order valence-electron chi connectivity index (χ2n) is 6.41. The first-order valence-electron chi connectivity index (χ1n) is 9.16. The summed E-state index contributed by atoms with van der Waals surface area (Å²) in [6.45, 7) is 2.02. The molecule has 0 bridgehead atoms. The van der Waals surface area contributed by atoms with Gasteiger partial charge in [0.15, 0.2) is 5.75 Å². The quantitative estimate of drug-likeness (QED) is 0.236. The molecule has 0 saturated heterocycles. The third kappa shape index (κ3) is 5.08. The fraction of sp³-hybridized carbons (Fsp3) is 0.238. The van der Waals surface area contributed by atoms with Gasteiger partial charge in [0.05, 0.1) is 5.69 Å². The van der Waals surface area contributed by atoms with Gasteiger partial charge < -0.3 is 20.7 Å². The van der Waals surface area contributed by atoms with E-state index in [0.717, 1.165) is 34.3 Å². The van der Waals surface area contributed by atoms with Crippen LogP contribution in [-0.4, -0.2) is 10.9 Å². The van der Waals surface area contributed by atoms with Crippen LogP contribution in [0, 0.1) is 10.4 Å². The van der Waals surface area contributed by atoms with E-state index in [4.69, 9.17) is 0 Å². The molecule has 0 unspecified atom stereocenters. The van der Waals surface area contributed by atoms with Crippen LogP contribution in [0.15, 0.2) is 69.7 Å². The molecule has 0 aliphatic heterocycles. The van der Waals surface area contributed by atoms with Crippen molar-refractivity contribution in [3.05, 3.63) is 70.6 Å². The van der Waals surface area contributed by atoms with Crippen LogP contribution in [-0.2, 0) is 6.54 Å². The van der Waals surface area contributed by atoms with Crippen LogP contribution in [0.1, 0.15) is 25.3 Å².